The molecule has 10 heteroatoms. The van der Waals surface area contributed by atoms with Crippen LogP contribution in [-0.4, -0.2) is 47.8 Å². The summed E-state index contributed by atoms with van der Waals surface area (Å²) in [6.45, 7) is 1.35. The van der Waals surface area contributed by atoms with Crippen molar-refractivity contribution >= 4 is 35.3 Å². The van der Waals surface area contributed by atoms with E-state index in [4.69, 9.17) is 13.9 Å². The molecule has 178 valence electrons. The largest absolute Gasteiger partial charge is 0.467 e. The fourth-order valence-electron chi connectivity index (χ4n) is 3.44. The van der Waals surface area contributed by atoms with E-state index >= 15 is 0 Å². The van der Waals surface area contributed by atoms with Crippen LogP contribution in [-0.2, 0) is 20.8 Å². The van der Waals surface area contributed by atoms with Gasteiger partial charge in [0.2, 0.25) is 0 Å². The van der Waals surface area contributed by atoms with E-state index < -0.39 is 36.3 Å². The molecule has 0 saturated carbocycles. The summed E-state index contributed by atoms with van der Waals surface area (Å²) in [7, 11) is 0. The molecular weight excluding hydrogens is 456 g/mol. The fourth-order valence-corrected chi connectivity index (χ4v) is 3.44. The number of nitrogens with one attached hydrogen (secondary N) is 1. The summed E-state index contributed by atoms with van der Waals surface area (Å²) in [5.74, 6) is -2.50. The standard InChI is InChI=1S/C25H20N2O8/c1-2-33-24(31)15-5-8-17(9-6-15)26-21(28)14-35-25(32)16-7-10-19-20(12-16)23(30)27(22(19)29)13-18-4-3-11-34-18/h3-12H,2,13-14H2,1H3,(H,26,28). The Kier molecular flexibility index (Phi) is 6.72. The number of ether oxygens (including phenoxy) is 2. The summed E-state index contributed by atoms with van der Waals surface area (Å²) in [6.07, 6.45) is 1.44. The molecule has 2 heterocycles. The Labute approximate surface area is 199 Å². The zero-order chi connectivity index (χ0) is 24.9. The third-order valence-corrected chi connectivity index (χ3v) is 5.11. The zero-order valence-electron chi connectivity index (χ0n) is 18.6. The normalized spacial score (nSPS) is 12.3. The fraction of sp³-hybridized carbons (Fsp3) is 0.160. The summed E-state index contributed by atoms with van der Waals surface area (Å²) in [4.78, 5) is 62.5. The van der Waals surface area contributed by atoms with Crippen LogP contribution in [0.25, 0.3) is 0 Å². The number of rotatable bonds is 8. The summed E-state index contributed by atoms with van der Waals surface area (Å²) < 4.78 is 15.1. The van der Waals surface area contributed by atoms with E-state index in [0.29, 0.717) is 17.0 Å². The molecule has 1 aliphatic heterocycles. The van der Waals surface area contributed by atoms with Gasteiger partial charge in [-0.05, 0) is 61.5 Å². The number of hydrogen-bond donors (Lipinski definition) is 1. The van der Waals surface area contributed by atoms with Crippen molar-refractivity contribution in [3.63, 3.8) is 0 Å². The number of fused-ring (bicyclic) bond motifs is 1. The highest BCUT2D eigenvalue weighted by atomic mass is 16.5. The van der Waals surface area contributed by atoms with Crippen molar-refractivity contribution in [3.05, 3.63) is 88.9 Å². The van der Waals surface area contributed by atoms with Gasteiger partial charge in [-0.15, -0.1) is 0 Å². The molecule has 0 unspecified atom stereocenters. The van der Waals surface area contributed by atoms with Crippen molar-refractivity contribution in [2.24, 2.45) is 0 Å². The molecule has 3 amide bonds. The van der Waals surface area contributed by atoms with Crippen LogP contribution in [0.15, 0.2) is 65.3 Å². The highest BCUT2D eigenvalue weighted by molar-refractivity contribution is 6.21. The quantitative estimate of drug-likeness (QED) is 0.388. The average Bonchev–Trinajstić information content (AvgIpc) is 3.46. The Balaban J connectivity index is 1.34. The molecule has 1 aromatic heterocycles. The molecule has 3 aromatic rings. The van der Waals surface area contributed by atoms with Crippen molar-refractivity contribution in [3.8, 4) is 0 Å². The first kappa shape index (κ1) is 23.4. The lowest BCUT2D eigenvalue weighted by atomic mass is 10.1. The molecule has 0 atom stereocenters. The second-order valence-corrected chi connectivity index (χ2v) is 7.46. The average molecular weight is 476 g/mol. The number of nitrogens with zero attached hydrogens (tertiary/aromatic N) is 1. The van der Waals surface area contributed by atoms with Crippen molar-refractivity contribution in [1.82, 2.24) is 4.90 Å². The Hall–Kier alpha value is -4.73. The first-order chi connectivity index (χ1) is 16.9. The number of anilines is 1. The maximum atomic E-state index is 12.7. The predicted molar refractivity (Wildman–Crippen MR) is 121 cm³/mol. The van der Waals surface area contributed by atoms with Gasteiger partial charge in [-0.1, -0.05) is 0 Å². The van der Waals surface area contributed by atoms with Crippen molar-refractivity contribution in [1.29, 1.82) is 0 Å². The first-order valence-corrected chi connectivity index (χ1v) is 10.6. The lowest BCUT2D eigenvalue weighted by molar-refractivity contribution is -0.119. The molecule has 0 fully saturated rings. The number of esters is 2. The van der Waals surface area contributed by atoms with E-state index in [0.717, 1.165) is 4.90 Å². The Morgan fingerprint density at radius 1 is 0.886 bits per heavy atom. The minimum absolute atomic E-state index is 0.0244. The number of carbonyl (C=O) groups is 5. The second kappa shape index (κ2) is 10.0. The van der Waals surface area contributed by atoms with E-state index in [1.165, 1.54) is 48.7 Å². The molecule has 0 bridgehead atoms. The van der Waals surface area contributed by atoms with E-state index in [1.54, 1.807) is 19.1 Å². The van der Waals surface area contributed by atoms with Crippen molar-refractivity contribution in [2.45, 2.75) is 13.5 Å². The van der Waals surface area contributed by atoms with Gasteiger partial charge in [-0.2, -0.15) is 0 Å². The van der Waals surface area contributed by atoms with Crippen LogP contribution in [0.4, 0.5) is 5.69 Å². The van der Waals surface area contributed by atoms with E-state index in [-0.39, 0.29) is 29.8 Å². The number of hydrogen-bond acceptors (Lipinski definition) is 8. The molecule has 0 spiro atoms. The maximum absolute atomic E-state index is 12.7. The van der Waals surface area contributed by atoms with Crippen LogP contribution in [0.3, 0.4) is 0 Å². The lowest BCUT2D eigenvalue weighted by Gasteiger charge is -2.11. The first-order valence-electron chi connectivity index (χ1n) is 10.6. The number of amides is 3. The van der Waals surface area contributed by atoms with Crippen LogP contribution in [0.1, 0.15) is 54.1 Å². The molecule has 1 aliphatic rings. The number of carbonyl (C=O) groups excluding carboxylic acids is 5. The van der Waals surface area contributed by atoms with Gasteiger partial charge in [-0.3, -0.25) is 19.3 Å². The molecule has 35 heavy (non-hydrogen) atoms. The Morgan fingerprint density at radius 3 is 2.26 bits per heavy atom. The predicted octanol–water partition coefficient (Wildman–Crippen LogP) is 3.05. The number of benzene rings is 2. The highest BCUT2D eigenvalue weighted by Gasteiger charge is 2.36. The Bertz CT molecular complexity index is 1300. The summed E-state index contributed by atoms with van der Waals surface area (Å²) in [5.41, 5.74) is 1.00. The molecular formula is C25H20N2O8. The van der Waals surface area contributed by atoms with Crippen molar-refractivity contribution < 1.29 is 37.9 Å². The van der Waals surface area contributed by atoms with Crippen LogP contribution >= 0.6 is 0 Å². The van der Waals surface area contributed by atoms with Crippen molar-refractivity contribution in [2.75, 3.05) is 18.5 Å². The van der Waals surface area contributed by atoms with Gasteiger partial charge < -0.3 is 19.2 Å². The van der Waals surface area contributed by atoms with Gasteiger partial charge in [0, 0.05) is 5.69 Å². The Morgan fingerprint density at radius 2 is 1.57 bits per heavy atom. The van der Waals surface area contributed by atoms with Crippen LogP contribution in [0.5, 0.6) is 0 Å². The van der Waals surface area contributed by atoms with E-state index in [1.807, 2.05) is 0 Å². The number of furan rings is 1. The van der Waals surface area contributed by atoms with Gasteiger partial charge in [0.05, 0.1) is 41.7 Å². The monoisotopic (exact) mass is 476 g/mol. The van der Waals surface area contributed by atoms with Gasteiger partial charge in [-0.25, -0.2) is 9.59 Å². The second-order valence-electron chi connectivity index (χ2n) is 7.46. The molecule has 0 aliphatic carbocycles. The van der Waals surface area contributed by atoms with Gasteiger partial charge in [0.1, 0.15) is 5.76 Å². The van der Waals surface area contributed by atoms with Crippen LogP contribution < -0.4 is 5.32 Å². The molecule has 4 rings (SSSR count). The number of imide groups is 1. The van der Waals surface area contributed by atoms with Gasteiger partial charge >= 0.3 is 11.9 Å². The van der Waals surface area contributed by atoms with E-state index in [2.05, 4.69) is 5.32 Å². The topological polar surface area (TPSA) is 132 Å². The minimum atomic E-state index is -0.828. The summed E-state index contributed by atoms with van der Waals surface area (Å²) >= 11 is 0. The van der Waals surface area contributed by atoms with Crippen LogP contribution in [0, 0.1) is 0 Å². The molecule has 2 aromatic carbocycles. The maximum Gasteiger partial charge on any atom is 0.338 e. The molecule has 0 radical (unpaired) electrons. The highest BCUT2D eigenvalue weighted by Crippen LogP contribution is 2.26. The zero-order valence-corrected chi connectivity index (χ0v) is 18.6. The smallest absolute Gasteiger partial charge is 0.338 e. The third kappa shape index (κ3) is 5.11. The lowest BCUT2D eigenvalue weighted by Crippen LogP contribution is -2.28. The van der Waals surface area contributed by atoms with Gasteiger partial charge in [0.15, 0.2) is 6.61 Å². The van der Waals surface area contributed by atoms with Crippen LogP contribution in [0.2, 0.25) is 0 Å². The molecule has 10 nitrogen and oxygen atoms in total. The molecule has 0 saturated heterocycles. The minimum Gasteiger partial charge on any atom is -0.467 e. The third-order valence-electron chi connectivity index (χ3n) is 5.11. The SMILES string of the molecule is CCOC(=O)c1ccc(NC(=O)COC(=O)c2ccc3c(c2)C(=O)N(Cc2ccco2)C3=O)cc1. The summed E-state index contributed by atoms with van der Waals surface area (Å²) in [6, 6.07) is 13.3. The molecule has 1 N–H and O–H groups in total. The van der Waals surface area contributed by atoms with E-state index in [9.17, 15) is 24.0 Å². The summed E-state index contributed by atoms with van der Waals surface area (Å²) in [5, 5.41) is 2.55. The van der Waals surface area contributed by atoms with Gasteiger partial charge in [0.25, 0.3) is 17.7 Å².